The molecule has 374 valence electrons. The molecule has 0 spiro atoms. The molecular formula is C52H64ClN7O9S. The first-order valence-corrected chi connectivity index (χ1v) is 26.2. The van der Waals surface area contributed by atoms with Crippen molar-refractivity contribution in [3.05, 3.63) is 111 Å². The second kappa shape index (κ2) is 23.5. The fourth-order valence-corrected chi connectivity index (χ4v) is 10.5. The van der Waals surface area contributed by atoms with Gasteiger partial charge in [0.1, 0.15) is 17.6 Å². The molecule has 4 heterocycles. The number of piperidine rings is 1. The first-order valence-electron chi connectivity index (χ1n) is 24.0. The van der Waals surface area contributed by atoms with Crippen molar-refractivity contribution in [2.45, 2.75) is 95.4 Å². The molecule has 0 bridgehead atoms. The molecule has 70 heavy (non-hydrogen) atoms. The zero-order valence-electron chi connectivity index (χ0n) is 40.7. The molecule has 0 radical (unpaired) electrons. The SMILES string of the molecule is C=S(=O)(c1ccccc1Cc1nc(Cc2cc(C)c(N3CCN(CCOCCOCCNC(=O)CCc4cccc5c4C(=O)N(C4CCC(=O)NC4=O)C5=O)CC3)cc2OC(C)C)ncc1Cl)C(C)C. The van der Waals surface area contributed by atoms with E-state index in [-0.39, 0.29) is 54.1 Å². The number of nitrogens with one attached hydrogen (secondary N) is 2. The highest BCUT2D eigenvalue weighted by Gasteiger charge is 2.45. The van der Waals surface area contributed by atoms with Gasteiger partial charge in [0.15, 0.2) is 0 Å². The molecule has 0 saturated carbocycles. The fourth-order valence-electron chi connectivity index (χ4n) is 8.94. The Morgan fingerprint density at radius 1 is 0.914 bits per heavy atom. The topological polar surface area (TPSA) is 190 Å². The molecule has 7 rings (SSSR count). The van der Waals surface area contributed by atoms with Crippen LogP contribution in [0.4, 0.5) is 5.69 Å². The van der Waals surface area contributed by atoms with Crippen molar-refractivity contribution in [2.75, 3.05) is 70.6 Å². The summed E-state index contributed by atoms with van der Waals surface area (Å²) in [5.74, 6) is 3.01. The number of piperazine rings is 1. The van der Waals surface area contributed by atoms with E-state index in [4.69, 9.17) is 30.8 Å². The highest BCUT2D eigenvalue weighted by atomic mass is 35.5. The van der Waals surface area contributed by atoms with Gasteiger partial charge < -0.3 is 24.4 Å². The second-order valence-corrected chi connectivity index (χ2v) is 21.7. The molecule has 2 saturated heterocycles. The first-order chi connectivity index (χ1) is 33.5. The van der Waals surface area contributed by atoms with Gasteiger partial charge in [-0.25, -0.2) is 9.97 Å². The monoisotopic (exact) mass is 997 g/mol. The van der Waals surface area contributed by atoms with E-state index in [0.29, 0.717) is 67.9 Å². The molecular weight excluding hydrogens is 934 g/mol. The van der Waals surface area contributed by atoms with Crippen LogP contribution in [-0.2, 0) is 52.6 Å². The Bertz CT molecular complexity index is 2710. The number of carbonyl (C=O) groups is 5. The van der Waals surface area contributed by atoms with Crippen molar-refractivity contribution < 1.29 is 42.4 Å². The first kappa shape index (κ1) is 52.1. The van der Waals surface area contributed by atoms with Crippen molar-refractivity contribution >= 4 is 62.2 Å². The van der Waals surface area contributed by atoms with Crippen LogP contribution >= 0.6 is 11.6 Å². The van der Waals surface area contributed by atoms with Crippen LogP contribution in [0.1, 0.15) is 101 Å². The van der Waals surface area contributed by atoms with E-state index < -0.39 is 39.2 Å². The predicted molar refractivity (Wildman–Crippen MR) is 269 cm³/mol. The maximum atomic E-state index is 13.6. The molecule has 16 nitrogen and oxygen atoms in total. The van der Waals surface area contributed by atoms with Crippen molar-refractivity contribution in [3.63, 3.8) is 0 Å². The van der Waals surface area contributed by atoms with Gasteiger partial charge in [0, 0.05) is 98.6 Å². The Kier molecular flexibility index (Phi) is 17.5. The van der Waals surface area contributed by atoms with Gasteiger partial charge >= 0.3 is 0 Å². The minimum Gasteiger partial charge on any atom is -0.491 e. The summed E-state index contributed by atoms with van der Waals surface area (Å²) in [7, 11) is -2.51. The molecule has 5 amide bonds. The quantitative estimate of drug-likeness (QED) is 0.0595. The molecule has 18 heteroatoms. The van der Waals surface area contributed by atoms with Crippen LogP contribution < -0.4 is 20.3 Å². The molecule has 1 aromatic heterocycles. The van der Waals surface area contributed by atoms with Crippen LogP contribution in [0.25, 0.3) is 0 Å². The van der Waals surface area contributed by atoms with Crippen molar-refractivity contribution in [2.24, 2.45) is 0 Å². The van der Waals surface area contributed by atoms with Crippen LogP contribution in [0, 0.1) is 6.92 Å². The highest BCUT2D eigenvalue weighted by Crippen LogP contribution is 2.34. The molecule has 2 N–H and O–H groups in total. The predicted octanol–water partition coefficient (Wildman–Crippen LogP) is 5.20. The number of ether oxygens (including phenoxy) is 3. The largest absolute Gasteiger partial charge is 0.491 e. The van der Waals surface area contributed by atoms with E-state index >= 15 is 0 Å². The Morgan fingerprint density at radius 2 is 1.64 bits per heavy atom. The molecule has 4 aromatic rings. The number of hydrogen-bond donors (Lipinski definition) is 2. The number of nitrogens with zero attached hydrogens (tertiary/aromatic N) is 5. The number of anilines is 1. The number of carbonyl (C=O) groups excluding carboxylic acids is 5. The average Bonchev–Trinajstić information content (AvgIpc) is 3.58. The average molecular weight is 999 g/mol. The number of hydrogen-bond acceptors (Lipinski definition) is 13. The summed E-state index contributed by atoms with van der Waals surface area (Å²) in [6.07, 6.45) is 2.90. The minimum atomic E-state index is -2.51. The molecule has 3 aromatic carbocycles. The minimum absolute atomic E-state index is 0.0396. The third kappa shape index (κ3) is 12.6. The zero-order valence-corrected chi connectivity index (χ0v) is 42.3. The van der Waals surface area contributed by atoms with Gasteiger partial charge in [-0.15, -0.1) is 0 Å². The molecule has 2 atom stereocenters. The summed E-state index contributed by atoms with van der Waals surface area (Å²) in [6.45, 7) is 16.3. The summed E-state index contributed by atoms with van der Waals surface area (Å²) in [4.78, 5) is 79.1. The number of fused-ring (bicyclic) bond motifs is 1. The van der Waals surface area contributed by atoms with Gasteiger partial charge in [0.2, 0.25) is 17.7 Å². The molecule has 3 aliphatic heterocycles. The van der Waals surface area contributed by atoms with Crippen molar-refractivity contribution in [3.8, 4) is 5.75 Å². The highest BCUT2D eigenvalue weighted by molar-refractivity contribution is 8.00. The molecule has 2 unspecified atom stereocenters. The maximum Gasteiger partial charge on any atom is 0.262 e. The summed E-state index contributed by atoms with van der Waals surface area (Å²) in [5.41, 5.74) is 5.75. The van der Waals surface area contributed by atoms with Gasteiger partial charge in [0.05, 0.1) is 54.4 Å². The third-order valence-corrected chi connectivity index (χ3v) is 15.8. The van der Waals surface area contributed by atoms with E-state index in [9.17, 15) is 28.2 Å². The van der Waals surface area contributed by atoms with E-state index in [1.54, 1.807) is 18.3 Å². The molecule has 2 fully saturated rings. The van der Waals surface area contributed by atoms with Crippen LogP contribution in [0.2, 0.25) is 5.02 Å². The van der Waals surface area contributed by atoms with Crippen molar-refractivity contribution in [1.29, 1.82) is 0 Å². The van der Waals surface area contributed by atoms with E-state index in [2.05, 4.69) is 50.3 Å². The number of aromatic nitrogens is 2. The Balaban J connectivity index is 0.809. The zero-order chi connectivity index (χ0) is 50.1. The molecule has 0 aliphatic carbocycles. The van der Waals surface area contributed by atoms with E-state index in [0.717, 1.165) is 70.6 Å². The Hall–Kier alpha value is -5.72. The number of amides is 5. The summed E-state index contributed by atoms with van der Waals surface area (Å²) < 4.78 is 31.5. The standard InChI is InChI=1S/C52H64ClN7O9S/c1-33(2)69-44-31-43(35(5)28-38(44)30-46-55-32-40(53)41(56-46)29-37-10-7-8-13-45(37)70(6,66)34(3)4)59-21-19-58(20-22-59)23-25-68-27-26-67-24-18-54-47(61)16-14-36-11-9-12-39-49(36)52(65)60(51(39)64)42-15-17-48(62)57-50(42)63/h7-13,28,31-34,42H,6,14-27,29-30H2,1-5H3,(H,54,61)(H,57,62,63). The third-order valence-electron chi connectivity index (χ3n) is 12.8. The Labute approximate surface area is 415 Å². The van der Waals surface area contributed by atoms with Gasteiger partial charge in [-0.2, -0.15) is 0 Å². The van der Waals surface area contributed by atoms with E-state index in [1.165, 1.54) is 6.07 Å². The van der Waals surface area contributed by atoms with Crippen LogP contribution in [0.5, 0.6) is 5.75 Å². The Morgan fingerprint density at radius 3 is 2.37 bits per heavy atom. The lowest BCUT2D eigenvalue weighted by Gasteiger charge is -2.37. The lowest BCUT2D eigenvalue weighted by molar-refractivity contribution is -0.136. The lowest BCUT2D eigenvalue weighted by atomic mass is 9.99. The van der Waals surface area contributed by atoms with Crippen molar-refractivity contribution in [1.82, 2.24) is 30.4 Å². The van der Waals surface area contributed by atoms with Crippen LogP contribution in [0.15, 0.2) is 65.7 Å². The smallest absolute Gasteiger partial charge is 0.262 e. The van der Waals surface area contributed by atoms with Gasteiger partial charge in [-0.3, -0.25) is 43.3 Å². The van der Waals surface area contributed by atoms with Gasteiger partial charge in [-0.05, 0) is 83.9 Å². The number of rotatable bonds is 22. The normalized spacial score (nSPS) is 17.3. The summed E-state index contributed by atoms with van der Waals surface area (Å²) in [5, 5.41) is 5.36. The number of imide groups is 2. The fraction of sp³-hybridized carbons (Fsp3) is 0.462. The van der Waals surface area contributed by atoms with Gasteiger partial charge in [-0.1, -0.05) is 55.8 Å². The number of benzene rings is 3. The number of aryl methyl sites for hydroxylation is 2. The second-order valence-electron chi connectivity index (χ2n) is 18.4. The summed E-state index contributed by atoms with van der Waals surface area (Å²) in [6, 6.07) is 15.8. The maximum absolute atomic E-state index is 13.6. The van der Waals surface area contributed by atoms with Crippen LogP contribution in [0.3, 0.4) is 0 Å². The van der Waals surface area contributed by atoms with E-state index in [1.807, 2.05) is 52.0 Å². The van der Waals surface area contributed by atoms with Gasteiger partial charge in [0.25, 0.3) is 11.8 Å². The lowest BCUT2D eigenvalue weighted by Crippen LogP contribution is -2.54. The van der Waals surface area contributed by atoms with Crippen LogP contribution in [-0.4, -0.2) is 142 Å². The summed E-state index contributed by atoms with van der Waals surface area (Å²) >= 11 is 6.66. The number of halogens is 1. The molecule has 3 aliphatic rings.